The van der Waals surface area contributed by atoms with Crippen LogP contribution >= 0.6 is 0 Å². The van der Waals surface area contributed by atoms with Crippen molar-refractivity contribution in [3.8, 4) is 0 Å². The second-order valence-electron chi connectivity index (χ2n) is 3.32. The van der Waals surface area contributed by atoms with E-state index in [4.69, 9.17) is 11.5 Å². The highest BCUT2D eigenvalue weighted by Gasteiger charge is 2.13. The van der Waals surface area contributed by atoms with Crippen LogP contribution in [-0.2, 0) is 0 Å². The molecule has 76 valence electrons. The molecule has 0 aliphatic rings. The standard InChI is InChI=1S/C10H16N4/c1-3-4-5-7(2)8-9(11)13-6-14-10(8)12/h3,6-7H,1,4-5H2,2H3,(H4,11,12,13,14). The Kier molecular flexibility index (Phi) is 3.45. The molecule has 1 atom stereocenters. The molecule has 1 aromatic heterocycles. The highest BCUT2D eigenvalue weighted by molar-refractivity contribution is 5.53. The van der Waals surface area contributed by atoms with E-state index in [1.165, 1.54) is 6.33 Å². The summed E-state index contributed by atoms with van der Waals surface area (Å²) < 4.78 is 0. The molecule has 14 heavy (non-hydrogen) atoms. The summed E-state index contributed by atoms with van der Waals surface area (Å²) in [5.41, 5.74) is 12.3. The molecule has 0 aliphatic carbocycles. The zero-order valence-corrected chi connectivity index (χ0v) is 8.40. The van der Waals surface area contributed by atoms with Gasteiger partial charge in [0.1, 0.15) is 18.0 Å². The van der Waals surface area contributed by atoms with E-state index in [2.05, 4.69) is 23.5 Å². The number of rotatable bonds is 4. The summed E-state index contributed by atoms with van der Waals surface area (Å²) in [5, 5.41) is 0. The smallest absolute Gasteiger partial charge is 0.132 e. The first-order valence-electron chi connectivity index (χ1n) is 4.63. The zero-order valence-electron chi connectivity index (χ0n) is 8.40. The van der Waals surface area contributed by atoms with E-state index in [1.807, 2.05) is 6.08 Å². The molecule has 1 aromatic rings. The van der Waals surface area contributed by atoms with Gasteiger partial charge in [-0.2, -0.15) is 0 Å². The van der Waals surface area contributed by atoms with Gasteiger partial charge in [-0.25, -0.2) is 9.97 Å². The van der Waals surface area contributed by atoms with Crippen molar-refractivity contribution in [1.82, 2.24) is 9.97 Å². The first kappa shape index (κ1) is 10.5. The number of nitrogens with zero attached hydrogens (tertiary/aromatic N) is 2. The molecule has 0 saturated heterocycles. The number of hydrogen-bond donors (Lipinski definition) is 2. The maximum absolute atomic E-state index is 5.74. The maximum atomic E-state index is 5.74. The summed E-state index contributed by atoms with van der Waals surface area (Å²) in [6.07, 6.45) is 5.17. The van der Waals surface area contributed by atoms with E-state index >= 15 is 0 Å². The first-order chi connectivity index (χ1) is 6.66. The molecule has 0 saturated carbocycles. The van der Waals surface area contributed by atoms with Crippen molar-refractivity contribution >= 4 is 11.6 Å². The quantitative estimate of drug-likeness (QED) is 0.712. The topological polar surface area (TPSA) is 77.8 Å². The Labute approximate surface area is 84.1 Å². The monoisotopic (exact) mass is 192 g/mol. The van der Waals surface area contributed by atoms with Crippen molar-refractivity contribution in [2.24, 2.45) is 0 Å². The molecule has 1 unspecified atom stereocenters. The fourth-order valence-corrected chi connectivity index (χ4v) is 1.44. The number of aromatic nitrogens is 2. The molecule has 0 radical (unpaired) electrons. The van der Waals surface area contributed by atoms with Crippen LogP contribution in [-0.4, -0.2) is 9.97 Å². The van der Waals surface area contributed by atoms with E-state index in [9.17, 15) is 0 Å². The molecule has 0 aliphatic heterocycles. The minimum atomic E-state index is 0.272. The van der Waals surface area contributed by atoms with Crippen LogP contribution in [0.2, 0.25) is 0 Å². The average Bonchev–Trinajstić information content (AvgIpc) is 2.14. The van der Waals surface area contributed by atoms with Crippen LogP contribution in [0.5, 0.6) is 0 Å². The lowest BCUT2D eigenvalue weighted by Crippen LogP contribution is -2.07. The van der Waals surface area contributed by atoms with Crippen LogP contribution in [0.4, 0.5) is 11.6 Å². The third-order valence-electron chi connectivity index (χ3n) is 2.24. The van der Waals surface area contributed by atoms with Crippen LogP contribution in [0.3, 0.4) is 0 Å². The third kappa shape index (κ3) is 2.22. The van der Waals surface area contributed by atoms with Gasteiger partial charge in [-0.3, -0.25) is 0 Å². The molecule has 0 spiro atoms. The predicted octanol–water partition coefficient (Wildman–Crippen LogP) is 1.71. The fourth-order valence-electron chi connectivity index (χ4n) is 1.44. The van der Waals surface area contributed by atoms with E-state index in [1.54, 1.807) is 0 Å². The lowest BCUT2D eigenvalue weighted by molar-refractivity contribution is 0.689. The van der Waals surface area contributed by atoms with E-state index in [0.29, 0.717) is 11.6 Å². The lowest BCUT2D eigenvalue weighted by atomic mass is 9.97. The summed E-state index contributed by atoms with van der Waals surface area (Å²) in [6.45, 7) is 5.74. The van der Waals surface area contributed by atoms with Crippen molar-refractivity contribution < 1.29 is 0 Å². The van der Waals surface area contributed by atoms with Crippen molar-refractivity contribution in [2.75, 3.05) is 11.5 Å². The van der Waals surface area contributed by atoms with Crippen molar-refractivity contribution in [1.29, 1.82) is 0 Å². The van der Waals surface area contributed by atoms with Gasteiger partial charge in [0.15, 0.2) is 0 Å². The molecule has 4 heteroatoms. The minimum Gasteiger partial charge on any atom is -0.383 e. The van der Waals surface area contributed by atoms with Gasteiger partial charge in [0.05, 0.1) is 0 Å². The number of allylic oxidation sites excluding steroid dienone is 1. The summed E-state index contributed by atoms with van der Waals surface area (Å²) in [7, 11) is 0. The van der Waals surface area contributed by atoms with Crippen LogP contribution in [0.25, 0.3) is 0 Å². The fraction of sp³-hybridized carbons (Fsp3) is 0.400. The minimum absolute atomic E-state index is 0.272. The van der Waals surface area contributed by atoms with Crippen LogP contribution in [0, 0.1) is 0 Å². The van der Waals surface area contributed by atoms with Crippen LogP contribution in [0.15, 0.2) is 19.0 Å². The highest BCUT2D eigenvalue weighted by Crippen LogP contribution is 2.28. The molecule has 1 heterocycles. The molecule has 4 N–H and O–H groups in total. The normalized spacial score (nSPS) is 12.4. The Morgan fingerprint density at radius 2 is 2.00 bits per heavy atom. The Hall–Kier alpha value is -1.58. The number of anilines is 2. The Balaban J connectivity index is 2.87. The van der Waals surface area contributed by atoms with Crippen molar-refractivity contribution in [3.05, 3.63) is 24.5 Å². The number of nitrogens with two attached hydrogens (primary N) is 2. The molecular formula is C10H16N4. The van der Waals surface area contributed by atoms with Gasteiger partial charge in [0.25, 0.3) is 0 Å². The summed E-state index contributed by atoms with van der Waals surface area (Å²) in [6, 6.07) is 0. The molecular weight excluding hydrogens is 176 g/mol. The number of nitrogen functional groups attached to an aromatic ring is 2. The largest absolute Gasteiger partial charge is 0.383 e. The Bertz CT molecular complexity index is 302. The van der Waals surface area contributed by atoms with Gasteiger partial charge in [0.2, 0.25) is 0 Å². The van der Waals surface area contributed by atoms with Gasteiger partial charge in [0, 0.05) is 5.56 Å². The summed E-state index contributed by atoms with van der Waals surface area (Å²) in [4.78, 5) is 7.86. The second kappa shape index (κ2) is 4.60. The Morgan fingerprint density at radius 1 is 1.43 bits per heavy atom. The van der Waals surface area contributed by atoms with Gasteiger partial charge in [-0.05, 0) is 18.8 Å². The Morgan fingerprint density at radius 3 is 2.50 bits per heavy atom. The van der Waals surface area contributed by atoms with Crippen molar-refractivity contribution in [3.63, 3.8) is 0 Å². The number of hydrogen-bond acceptors (Lipinski definition) is 4. The molecule has 0 fully saturated rings. The predicted molar refractivity (Wildman–Crippen MR) is 58.7 cm³/mol. The highest BCUT2D eigenvalue weighted by atomic mass is 15.0. The van der Waals surface area contributed by atoms with Crippen LogP contribution < -0.4 is 11.5 Å². The van der Waals surface area contributed by atoms with Gasteiger partial charge in [-0.15, -0.1) is 6.58 Å². The van der Waals surface area contributed by atoms with Gasteiger partial charge >= 0.3 is 0 Å². The van der Waals surface area contributed by atoms with E-state index < -0.39 is 0 Å². The first-order valence-corrected chi connectivity index (χ1v) is 4.63. The van der Waals surface area contributed by atoms with Crippen molar-refractivity contribution in [2.45, 2.75) is 25.7 Å². The lowest BCUT2D eigenvalue weighted by Gasteiger charge is -2.13. The molecule has 0 amide bonds. The SMILES string of the molecule is C=CCCC(C)c1c(N)ncnc1N. The molecule has 0 bridgehead atoms. The van der Waals surface area contributed by atoms with E-state index in [0.717, 1.165) is 18.4 Å². The van der Waals surface area contributed by atoms with Gasteiger partial charge in [-0.1, -0.05) is 13.0 Å². The summed E-state index contributed by atoms with van der Waals surface area (Å²) in [5.74, 6) is 1.23. The average molecular weight is 192 g/mol. The molecule has 4 nitrogen and oxygen atoms in total. The zero-order chi connectivity index (χ0) is 10.6. The second-order valence-corrected chi connectivity index (χ2v) is 3.32. The molecule has 1 rings (SSSR count). The van der Waals surface area contributed by atoms with E-state index in [-0.39, 0.29) is 5.92 Å². The van der Waals surface area contributed by atoms with Crippen LogP contribution in [0.1, 0.15) is 31.2 Å². The third-order valence-corrected chi connectivity index (χ3v) is 2.24. The summed E-state index contributed by atoms with van der Waals surface area (Å²) >= 11 is 0. The van der Waals surface area contributed by atoms with Gasteiger partial charge < -0.3 is 11.5 Å². The molecule has 0 aromatic carbocycles. The maximum Gasteiger partial charge on any atom is 0.132 e.